The summed E-state index contributed by atoms with van der Waals surface area (Å²) in [7, 11) is -3.65. The molecule has 11 heavy (non-hydrogen) atoms. The van der Waals surface area contributed by atoms with Crippen LogP contribution in [0.4, 0.5) is 0 Å². The number of fused-ring (bicyclic) bond motifs is 1. The standard InChI is InChI=1S/C6H11O4P/c7-11(8)9-5-3-1-2-4-6(5)10-11/h5-6H,1-4H2,(H,7,8). The minimum Gasteiger partial charge on any atom is -0.302 e. The van der Waals surface area contributed by atoms with Gasteiger partial charge in [0.1, 0.15) is 0 Å². The molecule has 0 aromatic rings. The van der Waals surface area contributed by atoms with E-state index in [-0.39, 0.29) is 12.2 Å². The van der Waals surface area contributed by atoms with E-state index in [1.165, 1.54) is 0 Å². The van der Waals surface area contributed by atoms with E-state index in [1.54, 1.807) is 0 Å². The van der Waals surface area contributed by atoms with Crippen LogP contribution < -0.4 is 0 Å². The molecule has 64 valence electrons. The summed E-state index contributed by atoms with van der Waals surface area (Å²) < 4.78 is 20.6. The van der Waals surface area contributed by atoms with Gasteiger partial charge in [0.2, 0.25) is 0 Å². The highest BCUT2D eigenvalue weighted by molar-refractivity contribution is 7.47. The second-order valence-corrected chi connectivity index (χ2v) is 4.40. The Hall–Kier alpha value is 0.110. The molecule has 1 aliphatic heterocycles. The largest absolute Gasteiger partial charge is 0.472 e. The van der Waals surface area contributed by atoms with Crippen LogP contribution in [-0.4, -0.2) is 17.1 Å². The second-order valence-electron chi connectivity index (χ2n) is 3.04. The van der Waals surface area contributed by atoms with Crippen LogP contribution in [0.2, 0.25) is 0 Å². The highest BCUT2D eigenvalue weighted by Crippen LogP contribution is 2.55. The zero-order valence-corrected chi connectivity index (χ0v) is 7.00. The van der Waals surface area contributed by atoms with Crippen LogP contribution in [0.15, 0.2) is 0 Å². The van der Waals surface area contributed by atoms with Gasteiger partial charge in [-0.15, -0.1) is 0 Å². The fraction of sp³-hybridized carbons (Fsp3) is 1.00. The molecule has 1 aliphatic carbocycles. The normalized spacial score (nSPS) is 50.6. The first-order chi connectivity index (χ1) is 5.17. The Labute approximate surface area is 65.1 Å². The van der Waals surface area contributed by atoms with E-state index in [1.807, 2.05) is 0 Å². The minimum atomic E-state index is -3.65. The molecule has 1 heterocycles. The van der Waals surface area contributed by atoms with Crippen molar-refractivity contribution in [3.05, 3.63) is 0 Å². The third-order valence-corrected chi connectivity index (χ3v) is 3.25. The Morgan fingerprint density at radius 2 is 1.64 bits per heavy atom. The summed E-state index contributed by atoms with van der Waals surface area (Å²) in [6.45, 7) is 0. The predicted octanol–water partition coefficient (Wildman–Crippen LogP) is 1.44. The summed E-state index contributed by atoms with van der Waals surface area (Å²) in [5.41, 5.74) is 0. The third kappa shape index (κ3) is 1.49. The van der Waals surface area contributed by atoms with Crippen molar-refractivity contribution < 1.29 is 18.5 Å². The molecule has 5 heteroatoms. The van der Waals surface area contributed by atoms with Gasteiger partial charge in [0.15, 0.2) is 0 Å². The van der Waals surface area contributed by atoms with Crippen LogP contribution in [0.25, 0.3) is 0 Å². The number of phosphoric acid groups is 1. The van der Waals surface area contributed by atoms with Gasteiger partial charge in [-0.2, -0.15) is 0 Å². The lowest BCUT2D eigenvalue weighted by atomic mass is 9.95. The van der Waals surface area contributed by atoms with Crippen LogP contribution in [0.1, 0.15) is 25.7 Å². The molecule has 0 amide bonds. The molecule has 0 bridgehead atoms. The number of rotatable bonds is 0. The molecule has 4 nitrogen and oxygen atoms in total. The molecule has 0 aromatic heterocycles. The Balaban J connectivity index is 2.09. The fourth-order valence-corrected chi connectivity index (χ4v) is 2.89. The fourth-order valence-electron chi connectivity index (χ4n) is 1.67. The molecular weight excluding hydrogens is 167 g/mol. The van der Waals surface area contributed by atoms with Crippen molar-refractivity contribution in [2.24, 2.45) is 0 Å². The van der Waals surface area contributed by atoms with E-state index < -0.39 is 7.82 Å². The monoisotopic (exact) mass is 178 g/mol. The van der Waals surface area contributed by atoms with Crippen molar-refractivity contribution >= 4 is 7.82 Å². The number of phosphoric ester groups is 1. The SMILES string of the molecule is O=P1(O)OC2CCCCC2O1. The molecule has 0 aromatic carbocycles. The minimum absolute atomic E-state index is 0.125. The Morgan fingerprint density at radius 3 is 2.09 bits per heavy atom. The molecule has 1 saturated heterocycles. The Bertz CT molecular complexity index is 187. The Kier molecular flexibility index (Phi) is 1.80. The average Bonchev–Trinajstić information content (AvgIpc) is 2.21. The van der Waals surface area contributed by atoms with Crippen LogP contribution >= 0.6 is 7.82 Å². The van der Waals surface area contributed by atoms with E-state index in [0.29, 0.717) is 0 Å². The molecule has 0 radical (unpaired) electrons. The highest BCUT2D eigenvalue weighted by atomic mass is 31.2. The molecule has 2 fully saturated rings. The van der Waals surface area contributed by atoms with Gasteiger partial charge in [0, 0.05) is 0 Å². The maximum atomic E-state index is 10.9. The maximum absolute atomic E-state index is 10.9. The van der Waals surface area contributed by atoms with Gasteiger partial charge in [-0.05, 0) is 12.8 Å². The van der Waals surface area contributed by atoms with E-state index >= 15 is 0 Å². The van der Waals surface area contributed by atoms with Crippen LogP contribution in [0.3, 0.4) is 0 Å². The van der Waals surface area contributed by atoms with Gasteiger partial charge in [0.05, 0.1) is 12.2 Å². The summed E-state index contributed by atoms with van der Waals surface area (Å²) in [6, 6.07) is 0. The quantitative estimate of drug-likeness (QED) is 0.570. The molecule has 2 unspecified atom stereocenters. The van der Waals surface area contributed by atoms with Crippen LogP contribution in [0.5, 0.6) is 0 Å². The lowest BCUT2D eigenvalue weighted by molar-refractivity contribution is 0.110. The second kappa shape index (κ2) is 2.56. The average molecular weight is 178 g/mol. The summed E-state index contributed by atoms with van der Waals surface area (Å²) in [4.78, 5) is 8.94. The van der Waals surface area contributed by atoms with Crippen molar-refractivity contribution in [3.63, 3.8) is 0 Å². The van der Waals surface area contributed by atoms with Crippen LogP contribution in [0, 0.1) is 0 Å². The molecule has 0 spiro atoms. The zero-order chi connectivity index (χ0) is 7.90. The predicted molar refractivity (Wildman–Crippen MR) is 38.0 cm³/mol. The molecular formula is C6H11O4P. The smallest absolute Gasteiger partial charge is 0.302 e. The van der Waals surface area contributed by atoms with Crippen molar-refractivity contribution in [1.82, 2.24) is 0 Å². The van der Waals surface area contributed by atoms with Gasteiger partial charge in [-0.3, -0.25) is 9.05 Å². The maximum Gasteiger partial charge on any atom is 0.472 e. The molecule has 2 atom stereocenters. The van der Waals surface area contributed by atoms with Gasteiger partial charge in [0.25, 0.3) is 0 Å². The van der Waals surface area contributed by atoms with Crippen molar-refractivity contribution in [3.8, 4) is 0 Å². The lowest BCUT2D eigenvalue weighted by Crippen LogP contribution is -2.25. The topological polar surface area (TPSA) is 55.8 Å². The van der Waals surface area contributed by atoms with Gasteiger partial charge in [-0.25, -0.2) is 4.57 Å². The molecule has 2 aliphatic rings. The Morgan fingerprint density at radius 1 is 1.18 bits per heavy atom. The molecule has 2 rings (SSSR count). The first-order valence-electron chi connectivity index (χ1n) is 3.87. The highest BCUT2D eigenvalue weighted by Gasteiger charge is 2.44. The van der Waals surface area contributed by atoms with Crippen molar-refractivity contribution in [1.29, 1.82) is 0 Å². The summed E-state index contributed by atoms with van der Waals surface area (Å²) in [5, 5.41) is 0. The van der Waals surface area contributed by atoms with Gasteiger partial charge in [-0.1, -0.05) is 12.8 Å². The summed E-state index contributed by atoms with van der Waals surface area (Å²) in [5.74, 6) is 0. The van der Waals surface area contributed by atoms with E-state index in [9.17, 15) is 4.57 Å². The summed E-state index contributed by atoms with van der Waals surface area (Å²) >= 11 is 0. The van der Waals surface area contributed by atoms with E-state index in [4.69, 9.17) is 13.9 Å². The first-order valence-corrected chi connectivity index (χ1v) is 5.36. The zero-order valence-electron chi connectivity index (χ0n) is 6.10. The van der Waals surface area contributed by atoms with Gasteiger partial charge >= 0.3 is 7.82 Å². The first kappa shape index (κ1) is 7.74. The van der Waals surface area contributed by atoms with Crippen LogP contribution in [-0.2, 0) is 13.6 Å². The molecule has 1 saturated carbocycles. The summed E-state index contributed by atoms with van der Waals surface area (Å²) in [6.07, 6.45) is 3.61. The van der Waals surface area contributed by atoms with Gasteiger partial charge < -0.3 is 4.89 Å². The number of hydrogen-bond donors (Lipinski definition) is 1. The van der Waals surface area contributed by atoms with Crippen molar-refractivity contribution in [2.75, 3.05) is 0 Å². The number of hydrogen-bond acceptors (Lipinski definition) is 3. The third-order valence-electron chi connectivity index (χ3n) is 2.18. The molecule has 1 N–H and O–H groups in total. The lowest BCUT2D eigenvalue weighted by Gasteiger charge is -2.19. The van der Waals surface area contributed by atoms with E-state index in [2.05, 4.69) is 0 Å². The van der Waals surface area contributed by atoms with E-state index in [0.717, 1.165) is 25.7 Å². The van der Waals surface area contributed by atoms with Crippen molar-refractivity contribution in [2.45, 2.75) is 37.9 Å².